The van der Waals surface area contributed by atoms with Crippen LogP contribution in [0.15, 0.2) is 24.3 Å². The lowest BCUT2D eigenvalue weighted by molar-refractivity contribution is 0.0391. The molecule has 1 aliphatic rings. The number of hydrogen-bond donors (Lipinski definition) is 0. The summed E-state index contributed by atoms with van der Waals surface area (Å²) in [5.41, 5.74) is 0.953. The van der Waals surface area contributed by atoms with Crippen molar-refractivity contribution in [3.8, 4) is 11.9 Å². The normalized spacial score (nSPS) is 14.5. The number of anilines is 1. The number of fused-ring (bicyclic) bond motifs is 1. The van der Waals surface area contributed by atoms with Gasteiger partial charge in [0.25, 0.3) is 5.91 Å². The largest absolute Gasteiger partial charge is 0.481 e. The van der Waals surface area contributed by atoms with E-state index in [1.807, 2.05) is 12.1 Å². The number of morpholine rings is 1. The first-order chi connectivity index (χ1) is 15.1. The zero-order valence-electron chi connectivity index (χ0n) is 17.2. The third-order valence-corrected chi connectivity index (χ3v) is 6.13. The standard InChI is InChI=1S/C20H22ClN5O4S/c1-28-17-12-15(22-19(24-17)29-2)18(27)26(6-5-25-7-9-30-10-8-25)20-23-14-4-3-13(21)11-16(14)31-20/h3-4,11-12H,5-10H2,1-2H3. The molecular formula is C20H22ClN5O4S. The fourth-order valence-corrected chi connectivity index (χ4v) is 4.47. The van der Waals surface area contributed by atoms with Crippen molar-refractivity contribution in [2.75, 3.05) is 58.5 Å². The van der Waals surface area contributed by atoms with E-state index in [2.05, 4.69) is 19.9 Å². The smallest absolute Gasteiger partial charge is 0.320 e. The molecular weight excluding hydrogens is 442 g/mol. The molecule has 3 heterocycles. The van der Waals surface area contributed by atoms with Gasteiger partial charge in [-0.3, -0.25) is 14.6 Å². The number of rotatable bonds is 7. The SMILES string of the molecule is COc1cc(C(=O)N(CCN2CCOCC2)c2nc3ccc(Cl)cc3s2)nc(OC)n1. The highest BCUT2D eigenvalue weighted by molar-refractivity contribution is 7.22. The molecule has 0 unspecified atom stereocenters. The van der Waals surface area contributed by atoms with E-state index in [0.29, 0.717) is 36.5 Å². The first-order valence-electron chi connectivity index (χ1n) is 9.72. The van der Waals surface area contributed by atoms with Gasteiger partial charge in [0, 0.05) is 37.3 Å². The molecule has 11 heteroatoms. The van der Waals surface area contributed by atoms with Crippen molar-refractivity contribution in [3.63, 3.8) is 0 Å². The Bertz CT molecular complexity index is 1050. The van der Waals surface area contributed by atoms with Crippen LogP contribution in [0.25, 0.3) is 10.2 Å². The lowest BCUT2D eigenvalue weighted by Crippen LogP contribution is -2.43. The van der Waals surface area contributed by atoms with E-state index >= 15 is 0 Å². The second-order valence-electron chi connectivity index (χ2n) is 6.80. The van der Waals surface area contributed by atoms with Crippen molar-refractivity contribution in [2.24, 2.45) is 0 Å². The molecule has 1 aromatic carbocycles. The number of methoxy groups -OCH3 is 2. The third-order valence-electron chi connectivity index (χ3n) is 4.85. The van der Waals surface area contributed by atoms with Gasteiger partial charge in [-0.2, -0.15) is 9.97 Å². The van der Waals surface area contributed by atoms with Crippen molar-refractivity contribution < 1.29 is 19.0 Å². The Kier molecular flexibility index (Phi) is 6.81. The Labute approximate surface area is 188 Å². The van der Waals surface area contributed by atoms with Crippen LogP contribution in [0.5, 0.6) is 11.9 Å². The second kappa shape index (κ2) is 9.73. The summed E-state index contributed by atoms with van der Waals surface area (Å²) in [6, 6.07) is 7.04. The molecule has 0 radical (unpaired) electrons. The van der Waals surface area contributed by atoms with Crippen molar-refractivity contribution in [1.29, 1.82) is 0 Å². The molecule has 9 nitrogen and oxygen atoms in total. The lowest BCUT2D eigenvalue weighted by Gasteiger charge is -2.29. The number of halogens is 1. The molecule has 1 aliphatic heterocycles. The Morgan fingerprint density at radius 3 is 2.74 bits per heavy atom. The van der Waals surface area contributed by atoms with Crippen molar-refractivity contribution in [1.82, 2.24) is 19.9 Å². The highest BCUT2D eigenvalue weighted by Crippen LogP contribution is 2.31. The second-order valence-corrected chi connectivity index (χ2v) is 8.25. The quantitative estimate of drug-likeness (QED) is 0.528. The molecule has 3 aromatic rings. The summed E-state index contributed by atoms with van der Waals surface area (Å²) in [6.45, 7) is 4.16. The number of benzene rings is 1. The fourth-order valence-electron chi connectivity index (χ4n) is 3.20. The van der Waals surface area contributed by atoms with Crippen LogP contribution in [-0.2, 0) is 4.74 Å². The van der Waals surface area contributed by atoms with Crippen LogP contribution >= 0.6 is 22.9 Å². The van der Waals surface area contributed by atoms with Crippen LogP contribution in [0.4, 0.5) is 5.13 Å². The van der Waals surface area contributed by atoms with Gasteiger partial charge in [0.2, 0.25) is 5.88 Å². The molecule has 0 atom stereocenters. The van der Waals surface area contributed by atoms with E-state index in [1.54, 1.807) is 11.0 Å². The minimum absolute atomic E-state index is 0.0620. The minimum Gasteiger partial charge on any atom is -0.481 e. The van der Waals surface area contributed by atoms with Crippen LogP contribution < -0.4 is 14.4 Å². The predicted molar refractivity (Wildman–Crippen MR) is 119 cm³/mol. The number of amides is 1. The maximum atomic E-state index is 13.5. The number of carbonyl (C=O) groups is 1. The van der Waals surface area contributed by atoms with E-state index in [0.717, 1.165) is 23.3 Å². The van der Waals surface area contributed by atoms with Gasteiger partial charge in [0.1, 0.15) is 5.69 Å². The molecule has 2 aromatic heterocycles. The average molecular weight is 464 g/mol. The summed E-state index contributed by atoms with van der Waals surface area (Å²) >= 11 is 7.54. The van der Waals surface area contributed by atoms with Crippen LogP contribution in [0.3, 0.4) is 0 Å². The molecule has 0 spiro atoms. The van der Waals surface area contributed by atoms with Crippen LogP contribution in [0.1, 0.15) is 10.5 Å². The number of carbonyl (C=O) groups excluding carboxylic acids is 1. The maximum Gasteiger partial charge on any atom is 0.320 e. The van der Waals surface area contributed by atoms with Gasteiger partial charge in [-0.15, -0.1) is 0 Å². The molecule has 1 saturated heterocycles. The zero-order valence-corrected chi connectivity index (χ0v) is 18.8. The predicted octanol–water partition coefficient (Wildman–Crippen LogP) is 2.74. The first kappa shape index (κ1) is 21.7. The third kappa shape index (κ3) is 5.04. The molecule has 164 valence electrons. The highest BCUT2D eigenvalue weighted by Gasteiger charge is 2.25. The van der Waals surface area contributed by atoms with Crippen molar-refractivity contribution in [2.45, 2.75) is 0 Å². The monoisotopic (exact) mass is 463 g/mol. The van der Waals surface area contributed by atoms with Gasteiger partial charge in [0.15, 0.2) is 5.13 Å². The summed E-state index contributed by atoms with van der Waals surface area (Å²) in [6.07, 6.45) is 0. The maximum absolute atomic E-state index is 13.5. The van der Waals surface area contributed by atoms with Gasteiger partial charge < -0.3 is 14.2 Å². The summed E-state index contributed by atoms with van der Waals surface area (Å²) in [5, 5.41) is 1.20. The van der Waals surface area contributed by atoms with E-state index in [-0.39, 0.29) is 23.5 Å². The van der Waals surface area contributed by atoms with E-state index < -0.39 is 0 Å². The summed E-state index contributed by atoms with van der Waals surface area (Å²) in [5.74, 6) is -0.0585. The Balaban J connectivity index is 1.67. The van der Waals surface area contributed by atoms with Crippen molar-refractivity contribution >= 4 is 44.2 Å². The Morgan fingerprint density at radius 1 is 1.19 bits per heavy atom. The Hall–Kier alpha value is -2.53. The fraction of sp³-hybridized carbons (Fsp3) is 0.400. The van der Waals surface area contributed by atoms with Crippen LogP contribution in [-0.4, -0.2) is 79.4 Å². The molecule has 0 saturated carbocycles. The number of aromatic nitrogens is 3. The number of hydrogen-bond acceptors (Lipinski definition) is 9. The highest BCUT2D eigenvalue weighted by atomic mass is 35.5. The van der Waals surface area contributed by atoms with Crippen LogP contribution in [0.2, 0.25) is 5.02 Å². The summed E-state index contributed by atoms with van der Waals surface area (Å²) < 4.78 is 16.7. The first-order valence-corrected chi connectivity index (χ1v) is 10.9. The summed E-state index contributed by atoms with van der Waals surface area (Å²) in [4.78, 5) is 30.4. The molecule has 1 fully saturated rings. The minimum atomic E-state index is -0.308. The molecule has 31 heavy (non-hydrogen) atoms. The Morgan fingerprint density at radius 2 is 2.00 bits per heavy atom. The molecule has 4 rings (SSSR count). The van der Waals surface area contributed by atoms with Gasteiger partial charge in [-0.05, 0) is 18.2 Å². The number of thiazole rings is 1. The topological polar surface area (TPSA) is 89.9 Å². The van der Waals surface area contributed by atoms with E-state index in [9.17, 15) is 4.79 Å². The molecule has 0 bridgehead atoms. The molecule has 0 N–H and O–H groups in total. The van der Waals surface area contributed by atoms with Gasteiger partial charge in [0.05, 0.1) is 37.6 Å². The van der Waals surface area contributed by atoms with Crippen molar-refractivity contribution in [3.05, 3.63) is 35.0 Å². The summed E-state index contributed by atoms with van der Waals surface area (Å²) in [7, 11) is 2.92. The van der Waals surface area contributed by atoms with Crippen LogP contribution in [0, 0.1) is 0 Å². The van der Waals surface area contributed by atoms with Gasteiger partial charge in [-0.1, -0.05) is 22.9 Å². The number of ether oxygens (including phenoxy) is 3. The van der Waals surface area contributed by atoms with Gasteiger partial charge in [-0.25, -0.2) is 4.98 Å². The van der Waals surface area contributed by atoms with E-state index in [1.165, 1.54) is 31.6 Å². The zero-order chi connectivity index (χ0) is 21.8. The number of nitrogens with zero attached hydrogens (tertiary/aromatic N) is 5. The van der Waals surface area contributed by atoms with E-state index in [4.69, 9.17) is 25.8 Å². The molecule has 0 aliphatic carbocycles. The lowest BCUT2D eigenvalue weighted by atomic mass is 10.3. The average Bonchev–Trinajstić information content (AvgIpc) is 3.22. The molecule has 1 amide bonds. The van der Waals surface area contributed by atoms with Gasteiger partial charge >= 0.3 is 6.01 Å².